The molecule has 0 aliphatic heterocycles. The molecule has 11 heavy (non-hydrogen) atoms. The van der Waals surface area contributed by atoms with Crippen LogP contribution in [0.15, 0.2) is 0 Å². The van der Waals surface area contributed by atoms with Gasteiger partial charge in [0, 0.05) is 4.87 Å². The second kappa shape index (κ2) is 2.97. The maximum Gasteiger partial charge on any atom is 0.0475 e. The van der Waals surface area contributed by atoms with E-state index in [1.165, 1.54) is 51.4 Å². The van der Waals surface area contributed by atoms with Gasteiger partial charge < -0.3 is 0 Å². The highest BCUT2D eigenvalue weighted by Gasteiger charge is 2.40. The molecule has 0 N–H and O–H groups in total. The fraction of sp³-hybridized carbons (Fsp3) is 1.00. The predicted molar refractivity (Wildman–Crippen MR) is 49.0 cm³/mol. The van der Waals surface area contributed by atoms with Crippen molar-refractivity contribution in [1.82, 2.24) is 0 Å². The van der Waals surface area contributed by atoms with Crippen molar-refractivity contribution < 1.29 is 0 Å². The Balaban J connectivity index is 2.09. The Labute approximate surface area is 74.3 Å². The van der Waals surface area contributed by atoms with Crippen LogP contribution < -0.4 is 0 Å². The first-order chi connectivity index (χ1) is 5.31. The third-order valence-corrected chi connectivity index (χ3v) is 4.21. The van der Waals surface area contributed by atoms with E-state index in [-0.39, 0.29) is 4.87 Å². The van der Waals surface area contributed by atoms with E-state index < -0.39 is 0 Å². The Bertz CT molecular complexity index is 144. The molecule has 0 nitrogen and oxygen atoms in total. The van der Waals surface area contributed by atoms with Crippen LogP contribution >= 0.6 is 11.6 Å². The normalized spacial score (nSPS) is 45.0. The molecule has 2 atom stereocenters. The summed E-state index contributed by atoms with van der Waals surface area (Å²) in [5.74, 6) is 0.867. The lowest BCUT2D eigenvalue weighted by molar-refractivity contribution is 0.400. The van der Waals surface area contributed by atoms with Crippen LogP contribution in [0.2, 0.25) is 0 Å². The summed E-state index contributed by atoms with van der Waals surface area (Å²) in [6.45, 7) is 0. The molecule has 0 aromatic heterocycles. The fourth-order valence-electron chi connectivity index (χ4n) is 2.82. The standard InChI is InChI=1S/C10H17Cl/c11-10-7-3-1-2-5-9(10)6-4-8-10/h9H,1-8H2. The predicted octanol–water partition coefficient (Wildman–Crippen LogP) is 3.73. The van der Waals surface area contributed by atoms with Crippen molar-refractivity contribution in [3.05, 3.63) is 0 Å². The van der Waals surface area contributed by atoms with E-state index in [2.05, 4.69) is 0 Å². The third kappa shape index (κ3) is 1.42. The monoisotopic (exact) mass is 172 g/mol. The van der Waals surface area contributed by atoms with Gasteiger partial charge in [-0.1, -0.05) is 25.7 Å². The lowest BCUT2D eigenvalue weighted by atomic mass is 9.91. The van der Waals surface area contributed by atoms with Crippen LogP contribution in [0.4, 0.5) is 0 Å². The minimum absolute atomic E-state index is 0.247. The van der Waals surface area contributed by atoms with E-state index in [1.807, 2.05) is 0 Å². The third-order valence-electron chi connectivity index (χ3n) is 3.52. The van der Waals surface area contributed by atoms with Gasteiger partial charge in [-0.25, -0.2) is 0 Å². The van der Waals surface area contributed by atoms with Crippen molar-refractivity contribution in [2.24, 2.45) is 5.92 Å². The molecule has 2 saturated carbocycles. The summed E-state index contributed by atoms with van der Waals surface area (Å²) in [4.78, 5) is 0.247. The van der Waals surface area contributed by atoms with Gasteiger partial charge in [-0.05, 0) is 31.6 Å². The molecule has 2 aliphatic carbocycles. The van der Waals surface area contributed by atoms with Crippen LogP contribution in [0.25, 0.3) is 0 Å². The average Bonchev–Trinajstić information content (AvgIpc) is 2.24. The van der Waals surface area contributed by atoms with Crippen LogP contribution in [-0.4, -0.2) is 4.87 Å². The molecule has 0 aromatic carbocycles. The van der Waals surface area contributed by atoms with Crippen molar-refractivity contribution in [3.63, 3.8) is 0 Å². The van der Waals surface area contributed by atoms with Crippen molar-refractivity contribution in [1.29, 1.82) is 0 Å². The van der Waals surface area contributed by atoms with Gasteiger partial charge in [-0.15, -0.1) is 11.6 Å². The number of hydrogen-bond acceptors (Lipinski definition) is 0. The van der Waals surface area contributed by atoms with Gasteiger partial charge in [-0.3, -0.25) is 0 Å². The zero-order valence-corrected chi connectivity index (χ0v) is 7.87. The van der Waals surface area contributed by atoms with Gasteiger partial charge in [0.1, 0.15) is 0 Å². The first-order valence-electron chi connectivity index (χ1n) is 5.00. The van der Waals surface area contributed by atoms with Crippen LogP contribution in [0.1, 0.15) is 51.4 Å². The first-order valence-corrected chi connectivity index (χ1v) is 5.38. The topological polar surface area (TPSA) is 0 Å². The Hall–Kier alpha value is 0.290. The molecule has 0 bridgehead atoms. The summed E-state index contributed by atoms with van der Waals surface area (Å²) < 4.78 is 0. The maximum atomic E-state index is 6.58. The van der Waals surface area contributed by atoms with Gasteiger partial charge in [0.15, 0.2) is 0 Å². The van der Waals surface area contributed by atoms with Crippen LogP contribution in [0.3, 0.4) is 0 Å². The minimum Gasteiger partial charge on any atom is -0.119 e. The summed E-state index contributed by atoms with van der Waals surface area (Å²) in [7, 11) is 0. The van der Waals surface area contributed by atoms with Crippen molar-refractivity contribution in [3.8, 4) is 0 Å². The van der Waals surface area contributed by atoms with E-state index >= 15 is 0 Å². The lowest BCUT2D eigenvalue weighted by Crippen LogP contribution is -2.24. The second-order valence-corrected chi connectivity index (χ2v) is 4.98. The van der Waals surface area contributed by atoms with Gasteiger partial charge in [-0.2, -0.15) is 0 Å². The molecular formula is C10H17Cl. The molecule has 1 heteroatoms. The number of halogens is 1. The molecular weight excluding hydrogens is 156 g/mol. The van der Waals surface area contributed by atoms with Gasteiger partial charge in [0.05, 0.1) is 0 Å². The summed E-state index contributed by atoms with van der Waals surface area (Å²) >= 11 is 6.58. The molecule has 0 heterocycles. The Kier molecular flexibility index (Phi) is 2.14. The summed E-state index contributed by atoms with van der Waals surface area (Å²) in [5, 5.41) is 0. The molecule has 0 amide bonds. The molecule has 2 unspecified atom stereocenters. The molecule has 0 aromatic rings. The van der Waals surface area contributed by atoms with Crippen LogP contribution in [0, 0.1) is 5.92 Å². The van der Waals surface area contributed by atoms with Crippen LogP contribution in [0.5, 0.6) is 0 Å². The highest BCUT2D eigenvalue weighted by atomic mass is 35.5. The van der Waals surface area contributed by atoms with Crippen molar-refractivity contribution in [2.45, 2.75) is 56.2 Å². The minimum atomic E-state index is 0.247. The number of fused-ring (bicyclic) bond motifs is 1. The van der Waals surface area contributed by atoms with E-state index in [9.17, 15) is 0 Å². The lowest BCUT2D eigenvalue weighted by Gasteiger charge is -2.26. The van der Waals surface area contributed by atoms with Crippen molar-refractivity contribution in [2.75, 3.05) is 0 Å². The molecule has 0 spiro atoms. The highest BCUT2D eigenvalue weighted by Crippen LogP contribution is 2.48. The number of alkyl halides is 1. The molecule has 2 aliphatic rings. The Morgan fingerprint density at radius 3 is 2.55 bits per heavy atom. The van der Waals surface area contributed by atoms with E-state index in [0.717, 1.165) is 5.92 Å². The van der Waals surface area contributed by atoms with E-state index in [4.69, 9.17) is 11.6 Å². The summed E-state index contributed by atoms with van der Waals surface area (Å²) in [6.07, 6.45) is 11.0. The quantitative estimate of drug-likeness (QED) is 0.489. The maximum absolute atomic E-state index is 6.58. The average molecular weight is 173 g/mol. The van der Waals surface area contributed by atoms with Crippen LogP contribution in [-0.2, 0) is 0 Å². The van der Waals surface area contributed by atoms with E-state index in [1.54, 1.807) is 0 Å². The highest BCUT2D eigenvalue weighted by molar-refractivity contribution is 6.24. The fourth-order valence-corrected chi connectivity index (χ4v) is 3.31. The largest absolute Gasteiger partial charge is 0.119 e. The van der Waals surface area contributed by atoms with Gasteiger partial charge in [0.25, 0.3) is 0 Å². The summed E-state index contributed by atoms with van der Waals surface area (Å²) in [6, 6.07) is 0. The molecule has 64 valence electrons. The molecule has 0 saturated heterocycles. The first kappa shape index (κ1) is 7.91. The van der Waals surface area contributed by atoms with E-state index in [0.29, 0.717) is 0 Å². The zero-order valence-electron chi connectivity index (χ0n) is 7.11. The molecule has 0 radical (unpaired) electrons. The molecule has 2 rings (SSSR count). The number of rotatable bonds is 0. The molecule has 2 fully saturated rings. The van der Waals surface area contributed by atoms with Gasteiger partial charge >= 0.3 is 0 Å². The van der Waals surface area contributed by atoms with Gasteiger partial charge in [0.2, 0.25) is 0 Å². The SMILES string of the molecule is ClC12CCCCCC1CCC2. The Morgan fingerprint density at radius 1 is 0.909 bits per heavy atom. The number of hydrogen-bond donors (Lipinski definition) is 0. The van der Waals surface area contributed by atoms with Crippen molar-refractivity contribution >= 4 is 11.6 Å². The zero-order chi connectivity index (χ0) is 7.73. The smallest absolute Gasteiger partial charge is 0.0475 e. The second-order valence-electron chi connectivity index (χ2n) is 4.22. The Morgan fingerprint density at radius 2 is 1.64 bits per heavy atom. The summed E-state index contributed by atoms with van der Waals surface area (Å²) in [5.41, 5.74) is 0.